The fraction of sp³-hybridized carbons (Fsp3) is 0.125. The average molecular weight is 381 g/mol. The third kappa shape index (κ3) is 4.53. The lowest BCUT2D eigenvalue weighted by atomic mass is 10.1. The zero-order valence-corrected chi connectivity index (χ0v) is 13.8. The van der Waals surface area contributed by atoms with Gasteiger partial charge in [0.1, 0.15) is 11.6 Å². The number of hydrogen-bond acceptors (Lipinski definition) is 4. The van der Waals surface area contributed by atoms with E-state index in [1.54, 1.807) is 12.1 Å². The highest BCUT2D eigenvalue weighted by atomic mass is 79.9. The van der Waals surface area contributed by atoms with Crippen molar-refractivity contribution in [1.82, 2.24) is 5.32 Å². The lowest BCUT2D eigenvalue weighted by Crippen LogP contribution is -2.24. The lowest BCUT2D eigenvalue weighted by Gasteiger charge is -2.11. The Kier molecular flexibility index (Phi) is 5.33. The summed E-state index contributed by atoms with van der Waals surface area (Å²) in [6.45, 7) is 1.22. The molecule has 2 aromatic carbocycles. The molecule has 5 nitrogen and oxygen atoms in total. The number of amides is 1. The van der Waals surface area contributed by atoms with E-state index in [9.17, 15) is 14.0 Å². The Morgan fingerprint density at radius 1 is 1.26 bits per heavy atom. The number of anilines is 1. The van der Waals surface area contributed by atoms with Crippen molar-refractivity contribution in [1.29, 1.82) is 0 Å². The first-order chi connectivity index (χ1) is 10.9. The lowest BCUT2D eigenvalue weighted by molar-refractivity contribution is -0.131. The predicted octanol–water partition coefficient (Wildman–Crippen LogP) is 3.03. The minimum Gasteiger partial charge on any atom is -0.426 e. The van der Waals surface area contributed by atoms with Gasteiger partial charge in [-0.15, -0.1) is 0 Å². The molecule has 0 fully saturated rings. The van der Waals surface area contributed by atoms with Crippen LogP contribution < -0.4 is 15.8 Å². The molecule has 7 heteroatoms. The van der Waals surface area contributed by atoms with Crippen LogP contribution in [-0.4, -0.2) is 11.9 Å². The molecule has 2 rings (SSSR count). The summed E-state index contributed by atoms with van der Waals surface area (Å²) in [7, 11) is 0. The monoisotopic (exact) mass is 380 g/mol. The van der Waals surface area contributed by atoms with Gasteiger partial charge in [-0.25, -0.2) is 4.39 Å². The van der Waals surface area contributed by atoms with Gasteiger partial charge in [-0.05, 0) is 30.3 Å². The molecule has 1 amide bonds. The van der Waals surface area contributed by atoms with Gasteiger partial charge in [0.2, 0.25) is 0 Å². The van der Waals surface area contributed by atoms with Gasteiger partial charge in [-0.3, -0.25) is 9.59 Å². The maximum absolute atomic E-state index is 13.7. The molecule has 0 spiro atoms. The maximum atomic E-state index is 13.7. The number of benzene rings is 2. The van der Waals surface area contributed by atoms with Crippen LogP contribution in [0.2, 0.25) is 0 Å². The highest BCUT2D eigenvalue weighted by Gasteiger charge is 2.15. The molecule has 2 aromatic rings. The molecule has 0 aliphatic rings. The van der Waals surface area contributed by atoms with E-state index in [-0.39, 0.29) is 17.9 Å². The molecular weight excluding hydrogens is 367 g/mol. The van der Waals surface area contributed by atoms with Crippen molar-refractivity contribution in [3.8, 4) is 5.75 Å². The standard InChI is InChI=1S/C16H14BrFN2O3/c1-9(21)23-15-5-4-12(19)7-13(15)16(22)20-8-10-2-3-11(17)6-14(10)18/h2-7H,8,19H2,1H3,(H,20,22). The highest BCUT2D eigenvalue weighted by Crippen LogP contribution is 2.22. The van der Waals surface area contributed by atoms with E-state index in [0.717, 1.165) is 0 Å². The Bertz CT molecular complexity index is 765. The van der Waals surface area contributed by atoms with Crippen molar-refractivity contribution in [2.24, 2.45) is 0 Å². The second-order valence-electron chi connectivity index (χ2n) is 4.77. The quantitative estimate of drug-likeness (QED) is 0.485. The van der Waals surface area contributed by atoms with Crippen LogP contribution in [-0.2, 0) is 11.3 Å². The van der Waals surface area contributed by atoms with Crippen LogP contribution in [0, 0.1) is 5.82 Å². The van der Waals surface area contributed by atoms with Crippen molar-refractivity contribution in [3.05, 3.63) is 57.8 Å². The van der Waals surface area contributed by atoms with Gasteiger partial charge in [0.25, 0.3) is 5.91 Å². The van der Waals surface area contributed by atoms with Crippen LogP contribution in [0.5, 0.6) is 5.75 Å². The summed E-state index contributed by atoms with van der Waals surface area (Å²) in [4.78, 5) is 23.4. The Morgan fingerprint density at radius 3 is 2.65 bits per heavy atom. The summed E-state index contributed by atoms with van der Waals surface area (Å²) in [5.74, 6) is -1.41. The van der Waals surface area contributed by atoms with Gasteiger partial charge >= 0.3 is 5.97 Å². The van der Waals surface area contributed by atoms with Gasteiger partial charge in [0.15, 0.2) is 0 Å². The van der Waals surface area contributed by atoms with Crippen LogP contribution in [0.25, 0.3) is 0 Å². The minimum absolute atomic E-state index is 0.00768. The molecule has 0 aromatic heterocycles. The largest absolute Gasteiger partial charge is 0.426 e. The SMILES string of the molecule is CC(=O)Oc1ccc(N)cc1C(=O)NCc1ccc(Br)cc1F. The van der Waals surface area contributed by atoms with Crippen molar-refractivity contribution in [3.63, 3.8) is 0 Å². The summed E-state index contributed by atoms with van der Waals surface area (Å²) in [6.07, 6.45) is 0. The number of rotatable bonds is 4. The molecule has 120 valence electrons. The summed E-state index contributed by atoms with van der Waals surface area (Å²) >= 11 is 3.16. The van der Waals surface area contributed by atoms with Crippen LogP contribution in [0.15, 0.2) is 40.9 Å². The van der Waals surface area contributed by atoms with Crippen LogP contribution >= 0.6 is 15.9 Å². The van der Waals surface area contributed by atoms with Gasteiger partial charge in [-0.2, -0.15) is 0 Å². The Hall–Kier alpha value is -2.41. The van der Waals surface area contributed by atoms with E-state index in [0.29, 0.717) is 15.7 Å². The first-order valence-electron chi connectivity index (χ1n) is 6.67. The molecule has 0 saturated heterocycles. The van der Waals surface area contributed by atoms with E-state index in [1.807, 2.05) is 0 Å². The summed E-state index contributed by atoms with van der Waals surface area (Å²) in [6, 6.07) is 8.90. The Labute approximate surface area is 140 Å². The number of nitrogen functional groups attached to an aromatic ring is 1. The van der Waals surface area contributed by atoms with Crippen molar-refractivity contribution < 1.29 is 18.7 Å². The molecule has 0 atom stereocenters. The van der Waals surface area contributed by atoms with Crippen LogP contribution in [0.3, 0.4) is 0 Å². The zero-order valence-electron chi connectivity index (χ0n) is 12.2. The predicted molar refractivity (Wildman–Crippen MR) is 87.4 cm³/mol. The second kappa shape index (κ2) is 7.23. The first kappa shape index (κ1) is 17.0. The number of halogens is 2. The van der Waals surface area contributed by atoms with E-state index < -0.39 is 17.7 Å². The molecule has 0 aliphatic carbocycles. The zero-order chi connectivity index (χ0) is 17.0. The fourth-order valence-electron chi connectivity index (χ4n) is 1.90. The van der Waals surface area contributed by atoms with E-state index in [4.69, 9.17) is 10.5 Å². The molecular formula is C16H14BrFN2O3. The van der Waals surface area contributed by atoms with E-state index >= 15 is 0 Å². The minimum atomic E-state index is -0.553. The topological polar surface area (TPSA) is 81.4 Å². The van der Waals surface area contributed by atoms with Crippen molar-refractivity contribution in [2.45, 2.75) is 13.5 Å². The fourth-order valence-corrected chi connectivity index (χ4v) is 2.24. The third-order valence-electron chi connectivity index (χ3n) is 2.96. The van der Waals surface area contributed by atoms with Crippen LogP contribution in [0.4, 0.5) is 10.1 Å². The smallest absolute Gasteiger partial charge is 0.308 e. The maximum Gasteiger partial charge on any atom is 0.308 e. The normalized spacial score (nSPS) is 10.2. The molecule has 3 N–H and O–H groups in total. The molecule has 0 aliphatic heterocycles. The van der Waals surface area contributed by atoms with Gasteiger partial charge in [0.05, 0.1) is 5.56 Å². The first-order valence-corrected chi connectivity index (χ1v) is 7.46. The number of esters is 1. The van der Waals surface area contributed by atoms with Crippen molar-refractivity contribution in [2.75, 3.05) is 5.73 Å². The number of nitrogens with one attached hydrogen (secondary N) is 1. The van der Waals surface area contributed by atoms with E-state index in [2.05, 4.69) is 21.2 Å². The Balaban J connectivity index is 2.17. The van der Waals surface area contributed by atoms with Gasteiger partial charge in [-0.1, -0.05) is 22.0 Å². The van der Waals surface area contributed by atoms with Gasteiger partial charge < -0.3 is 15.8 Å². The van der Waals surface area contributed by atoms with E-state index in [1.165, 1.54) is 31.2 Å². The summed E-state index contributed by atoms with van der Waals surface area (Å²) < 4.78 is 19.3. The molecule has 0 unspecified atom stereocenters. The third-order valence-corrected chi connectivity index (χ3v) is 3.45. The summed E-state index contributed by atoms with van der Waals surface area (Å²) in [5, 5.41) is 2.58. The molecule has 0 heterocycles. The molecule has 0 saturated carbocycles. The molecule has 0 radical (unpaired) electrons. The van der Waals surface area contributed by atoms with Crippen LogP contribution in [0.1, 0.15) is 22.8 Å². The number of ether oxygens (including phenoxy) is 1. The average Bonchev–Trinajstić information content (AvgIpc) is 2.47. The number of carbonyl (C=O) groups is 2. The summed E-state index contributed by atoms with van der Waals surface area (Å²) in [5.41, 5.74) is 6.45. The second-order valence-corrected chi connectivity index (χ2v) is 5.68. The molecule has 23 heavy (non-hydrogen) atoms. The number of nitrogens with two attached hydrogens (primary N) is 1. The number of hydrogen-bond donors (Lipinski definition) is 2. The van der Waals surface area contributed by atoms with Gasteiger partial charge in [0, 0.05) is 29.2 Å². The van der Waals surface area contributed by atoms with Crippen molar-refractivity contribution >= 4 is 33.5 Å². The Morgan fingerprint density at radius 2 is 2.00 bits per heavy atom. The number of carbonyl (C=O) groups excluding carboxylic acids is 2. The highest BCUT2D eigenvalue weighted by molar-refractivity contribution is 9.10. The molecule has 0 bridgehead atoms.